The summed E-state index contributed by atoms with van der Waals surface area (Å²) in [6, 6.07) is 6.96. The summed E-state index contributed by atoms with van der Waals surface area (Å²) >= 11 is 0. The van der Waals surface area contributed by atoms with E-state index in [4.69, 9.17) is 16.3 Å². The highest BCUT2D eigenvalue weighted by Crippen LogP contribution is 2.16. The number of nitrogen functional groups attached to an aromatic ring is 1. The maximum absolute atomic E-state index is 13.0. The molecule has 0 bridgehead atoms. The molecule has 20 heavy (non-hydrogen) atoms. The van der Waals surface area contributed by atoms with Crippen molar-refractivity contribution in [3.05, 3.63) is 24.0 Å². The van der Waals surface area contributed by atoms with Crippen LogP contribution in [0.5, 0.6) is 0 Å². The Bertz CT molecular complexity index is 559. The number of amides is 1. The molecule has 0 aliphatic heterocycles. The number of rotatable bonds is 5. The number of halogens is 1. The summed E-state index contributed by atoms with van der Waals surface area (Å²) in [6.45, 7) is 1.51. The molecule has 1 aromatic rings. The molecule has 1 amide bonds. The third kappa shape index (κ3) is 3.94. The number of nitrogens with zero attached hydrogens (tertiary/aromatic N) is 3. The highest BCUT2D eigenvalue weighted by Gasteiger charge is 2.21. The predicted molar refractivity (Wildman–Crippen MR) is 71.7 cm³/mol. The van der Waals surface area contributed by atoms with Crippen molar-refractivity contribution in [3.8, 4) is 12.1 Å². The Morgan fingerprint density at radius 2 is 2.05 bits per heavy atom. The number of carbonyl (C=O) groups excluding carboxylic acids is 1. The molecular weight excluding hydrogens is 261 g/mol. The van der Waals surface area contributed by atoms with Gasteiger partial charge in [0.25, 0.3) is 0 Å². The van der Waals surface area contributed by atoms with Crippen LogP contribution in [-0.4, -0.2) is 29.9 Å². The topological polar surface area (TPSA) is 106 Å². The first-order valence-corrected chi connectivity index (χ1v) is 5.83. The smallest absolute Gasteiger partial charge is 0.241 e. The number of hydrogen-bond donors (Lipinski definition) is 2. The Balaban J connectivity index is 2.76. The Morgan fingerprint density at radius 3 is 2.55 bits per heavy atom. The minimum absolute atomic E-state index is 0.0340. The monoisotopic (exact) mass is 275 g/mol. The molecule has 0 radical (unpaired) electrons. The minimum atomic E-state index is -0.666. The van der Waals surface area contributed by atoms with Gasteiger partial charge in [-0.3, -0.25) is 9.69 Å². The van der Waals surface area contributed by atoms with Gasteiger partial charge in [0, 0.05) is 5.69 Å². The molecule has 0 saturated carbocycles. The first-order valence-electron chi connectivity index (χ1n) is 5.83. The quantitative estimate of drug-likeness (QED) is 0.618. The van der Waals surface area contributed by atoms with Crippen LogP contribution in [0.4, 0.5) is 15.8 Å². The van der Waals surface area contributed by atoms with Gasteiger partial charge in [-0.2, -0.15) is 10.5 Å². The fourth-order valence-electron chi connectivity index (χ4n) is 1.55. The van der Waals surface area contributed by atoms with Crippen LogP contribution in [0.1, 0.15) is 6.92 Å². The van der Waals surface area contributed by atoms with Crippen molar-refractivity contribution < 1.29 is 9.18 Å². The second kappa shape index (κ2) is 7.07. The van der Waals surface area contributed by atoms with Crippen LogP contribution in [0.15, 0.2) is 18.2 Å². The Morgan fingerprint density at radius 1 is 1.45 bits per heavy atom. The van der Waals surface area contributed by atoms with Gasteiger partial charge in [0.1, 0.15) is 5.82 Å². The van der Waals surface area contributed by atoms with Crippen LogP contribution >= 0.6 is 0 Å². The van der Waals surface area contributed by atoms with E-state index in [0.29, 0.717) is 5.69 Å². The number of nitrogens with one attached hydrogen (secondary N) is 1. The maximum atomic E-state index is 13.0. The molecule has 104 valence electrons. The van der Waals surface area contributed by atoms with Gasteiger partial charge in [0.15, 0.2) is 0 Å². The van der Waals surface area contributed by atoms with Crippen molar-refractivity contribution >= 4 is 17.3 Å². The largest absolute Gasteiger partial charge is 0.396 e. The van der Waals surface area contributed by atoms with E-state index in [2.05, 4.69) is 5.32 Å². The number of hydrogen-bond acceptors (Lipinski definition) is 5. The SMILES string of the molecule is CC(C(=O)Nc1ccc(F)c(N)c1)N(CC#N)CC#N. The zero-order valence-electron chi connectivity index (χ0n) is 10.9. The van der Waals surface area contributed by atoms with E-state index >= 15 is 0 Å². The number of benzene rings is 1. The van der Waals surface area contributed by atoms with Gasteiger partial charge < -0.3 is 11.1 Å². The van der Waals surface area contributed by atoms with E-state index in [1.807, 2.05) is 12.1 Å². The molecular formula is C13H14FN5O. The third-order valence-corrected chi connectivity index (χ3v) is 2.74. The fraction of sp³-hybridized carbons (Fsp3) is 0.308. The molecule has 1 unspecified atom stereocenters. The maximum Gasteiger partial charge on any atom is 0.241 e. The highest BCUT2D eigenvalue weighted by atomic mass is 19.1. The van der Waals surface area contributed by atoms with Crippen LogP contribution < -0.4 is 11.1 Å². The van der Waals surface area contributed by atoms with Gasteiger partial charge in [0.05, 0.1) is 37.0 Å². The van der Waals surface area contributed by atoms with Crippen molar-refractivity contribution in [2.75, 3.05) is 24.1 Å². The van der Waals surface area contributed by atoms with E-state index in [1.165, 1.54) is 17.0 Å². The second-order valence-electron chi connectivity index (χ2n) is 4.12. The van der Waals surface area contributed by atoms with Crippen molar-refractivity contribution in [3.63, 3.8) is 0 Å². The zero-order chi connectivity index (χ0) is 15.1. The van der Waals surface area contributed by atoms with Gasteiger partial charge >= 0.3 is 0 Å². The third-order valence-electron chi connectivity index (χ3n) is 2.74. The van der Waals surface area contributed by atoms with Gasteiger partial charge in [0.2, 0.25) is 5.91 Å². The van der Waals surface area contributed by atoms with Crippen LogP contribution in [0, 0.1) is 28.5 Å². The minimum Gasteiger partial charge on any atom is -0.396 e. The Kier molecular flexibility index (Phi) is 5.45. The van der Waals surface area contributed by atoms with Crippen LogP contribution in [-0.2, 0) is 4.79 Å². The lowest BCUT2D eigenvalue weighted by atomic mass is 10.2. The molecule has 0 saturated heterocycles. The average Bonchev–Trinajstić information content (AvgIpc) is 2.42. The number of anilines is 2. The van der Waals surface area contributed by atoms with Crippen LogP contribution in [0.3, 0.4) is 0 Å². The highest BCUT2D eigenvalue weighted by molar-refractivity contribution is 5.94. The fourth-order valence-corrected chi connectivity index (χ4v) is 1.55. The predicted octanol–water partition coefficient (Wildman–Crippen LogP) is 1.08. The first-order chi connectivity index (χ1) is 9.49. The zero-order valence-corrected chi connectivity index (χ0v) is 10.9. The Hall–Kier alpha value is -2.64. The van der Waals surface area contributed by atoms with Gasteiger partial charge in [-0.15, -0.1) is 0 Å². The lowest BCUT2D eigenvalue weighted by molar-refractivity contribution is -0.120. The van der Waals surface area contributed by atoms with E-state index in [-0.39, 0.29) is 18.8 Å². The number of nitriles is 2. The van der Waals surface area contributed by atoms with E-state index in [0.717, 1.165) is 6.07 Å². The summed E-state index contributed by atoms with van der Waals surface area (Å²) in [6.07, 6.45) is 0. The lowest BCUT2D eigenvalue weighted by Crippen LogP contribution is -2.42. The summed E-state index contributed by atoms with van der Waals surface area (Å²) < 4.78 is 13.0. The molecule has 1 rings (SSSR count). The molecule has 0 heterocycles. The molecule has 0 fully saturated rings. The molecule has 1 aromatic carbocycles. The Labute approximate surface area is 116 Å². The summed E-state index contributed by atoms with van der Waals surface area (Å²) in [5, 5.41) is 19.9. The molecule has 0 spiro atoms. The van der Waals surface area contributed by atoms with Gasteiger partial charge in [-0.05, 0) is 25.1 Å². The van der Waals surface area contributed by atoms with E-state index in [1.54, 1.807) is 6.92 Å². The van der Waals surface area contributed by atoms with Gasteiger partial charge in [-0.1, -0.05) is 0 Å². The molecule has 3 N–H and O–H groups in total. The lowest BCUT2D eigenvalue weighted by Gasteiger charge is -2.23. The van der Waals surface area contributed by atoms with E-state index < -0.39 is 17.8 Å². The van der Waals surface area contributed by atoms with Crippen LogP contribution in [0.2, 0.25) is 0 Å². The molecule has 0 aromatic heterocycles. The molecule has 1 atom stereocenters. The van der Waals surface area contributed by atoms with Crippen LogP contribution in [0.25, 0.3) is 0 Å². The molecule has 0 aliphatic rings. The molecule has 6 nitrogen and oxygen atoms in total. The first kappa shape index (κ1) is 15.4. The summed E-state index contributed by atoms with van der Waals surface area (Å²) in [4.78, 5) is 13.4. The van der Waals surface area contributed by atoms with Crippen molar-refractivity contribution in [1.29, 1.82) is 10.5 Å². The van der Waals surface area contributed by atoms with Gasteiger partial charge in [-0.25, -0.2) is 4.39 Å². The number of nitrogens with two attached hydrogens (primary N) is 1. The summed E-state index contributed by atoms with van der Waals surface area (Å²) in [5.74, 6) is -0.965. The molecule has 7 heteroatoms. The second-order valence-corrected chi connectivity index (χ2v) is 4.12. The summed E-state index contributed by atoms with van der Waals surface area (Å²) in [7, 11) is 0. The normalized spacial score (nSPS) is 11.4. The van der Waals surface area contributed by atoms with Crippen molar-refractivity contribution in [1.82, 2.24) is 4.90 Å². The van der Waals surface area contributed by atoms with Crippen molar-refractivity contribution in [2.45, 2.75) is 13.0 Å². The van der Waals surface area contributed by atoms with Crippen molar-refractivity contribution in [2.24, 2.45) is 0 Å². The molecule has 0 aliphatic carbocycles. The average molecular weight is 275 g/mol. The van der Waals surface area contributed by atoms with E-state index in [9.17, 15) is 9.18 Å². The number of carbonyl (C=O) groups is 1. The standard InChI is InChI=1S/C13H14FN5O/c1-9(19(6-4-15)7-5-16)13(20)18-10-2-3-11(14)12(17)8-10/h2-3,8-9H,6-7,17H2,1H3,(H,18,20). The summed E-state index contributed by atoms with van der Waals surface area (Å²) in [5.41, 5.74) is 5.69.